The van der Waals surface area contributed by atoms with Crippen molar-refractivity contribution in [3.63, 3.8) is 0 Å². The number of furan rings is 1. The Bertz CT molecular complexity index is 280. The van der Waals surface area contributed by atoms with Gasteiger partial charge in [-0.25, -0.2) is 6.57 Å². The molecule has 58 valence electrons. The molecule has 0 saturated heterocycles. The smallest absolute Gasteiger partial charge is 0.277 e. The molecule has 0 radical (unpaired) electrons. The fourth-order valence-corrected chi connectivity index (χ4v) is 1.24. The van der Waals surface area contributed by atoms with Gasteiger partial charge in [0.1, 0.15) is 0 Å². The van der Waals surface area contributed by atoms with Crippen LogP contribution >= 0.6 is 31.9 Å². The molecule has 0 aliphatic rings. The molecule has 1 aromatic heterocycles. The van der Waals surface area contributed by atoms with Crippen molar-refractivity contribution in [3.05, 3.63) is 32.4 Å². The van der Waals surface area contributed by atoms with Crippen LogP contribution in [0.2, 0.25) is 0 Å². The predicted molar refractivity (Wildman–Crippen MR) is 49.1 cm³/mol. The van der Waals surface area contributed by atoms with Gasteiger partial charge in [-0.1, -0.05) is 0 Å². The minimum Gasteiger partial charge on any atom is -0.445 e. The highest BCUT2D eigenvalue weighted by Gasteiger charge is 2.15. The lowest BCUT2D eigenvalue weighted by Gasteiger charge is -1.89. The maximum Gasteiger partial charge on any atom is 0.277 e. The normalized spacial score (nSPS) is 12.5. The summed E-state index contributed by atoms with van der Waals surface area (Å²) >= 11 is 6.47. The molecule has 0 N–H and O–H groups in total. The second-order valence-electron chi connectivity index (χ2n) is 2.08. The number of nitrogens with zero attached hydrogens (tertiary/aromatic N) is 1. The number of halogens is 2. The largest absolute Gasteiger partial charge is 0.445 e. The molecule has 1 heterocycles. The van der Waals surface area contributed by atoms with E-state index < -0.39 is 0 Å². The van der Waals surface area contributed by atoms with Crippen LogP contribution in [-0.4, -0.2) is 0 Å². The van der Waals surface area contributed by atoms with Crippen LogP contribution in [0.5, 0.6) is 0 Å². The third-order valence-corrected chi connectivity index (χ3v) is 2.98. The standard InChI is InChI=1S/C7H5Br2NO/c1-4(10-2)6-3-5(8)7(9)11-6/h3-4H,1H3. The first-order valence-corrected chi connectivity index (χ1v) is 4.55. The van der Waals surface area contributed by atoms with E-state index in [-0.39, 0.29) is 6.04 Å². The van der Waals surface area contributed by atoms with E-state index in [1.54, 1.807) is 13.0 Å². The summed E-state index contributed by atoms with van der Waals surface area (Å²) in [6.07, 6.45) is 0. The molecule has 0 bridgehead atoms. The molecule has 1 unspecified atom stereocenters. The van der Waals surface area contributed by atoms with E-state index in [0.717, 1.165) is 4.47 Å². The average Bonchev–Trinajstić information content (AvgIpc) is 2.31. The Morgan fingerprint density at radius 2 is 2.27 bits per heavy atom. The fraction of sp³-hybridized carbons (Fsp3) is 0.286. The monoisotopic (exact) mass is 277 g/mol. The van der Waals surface area contributed by atoms with E-state index in [0.29, 0.717) is 10.4 Å². The van der Waals surface area contributed by atoms with Crippen LogP contribution in [0.25, 0.3) is 4.85 Å². The Morgan fingerprint density at radius 3 is 2.64 bits per heavy atom. The van der Waals surface area contributed by atoms with Gasteiger partial charge in [0.15, 0.2) is 10.4 Å². The van der Waals surface area contributed by atoms with Gasteiger partial charge in [0, 0.05) is 13.0 Å². The fourth-order valence-electron chi connectivity index (χ4n) is 0.633. The van der Waals surface area contributed by atoms with Crippen molar-refractivity contribution in [2.75, 3.05) is 0 Å². The summed E-state index contributed by atoms with van der Waals surface area (Å²) in [6.45, 7) is 8.56. The summed E-state index contributed by atoms with van der Waals surface area (Å²) < 4.78 is 6.71. The second kappa shape index (κ2) is 3.42. The van der Waals surface area contributed by atoms with Crippen LogP contribution in [0, 0.1) is 6.57 Å². The first kappa shape index (κ1) is 8.82. The van der Waals surface area contributed by atoms with Crippen LogP contribution in [-0.2, 0) is 0 Å². The van der Waals surface area contributed by atoms with Crippen LogP contribution in [0.1, 0.15) is 18.7 Å². The van der Waals surface area contributed by atoms with Crippen molar-refractivity contribution < 1.29 is 4.42 Å². The van der Waals surface area contributed by atoms with Gasteiger partial charge in [-0.3, -0.25) is 0 Å². The zero-order valence-corrected chi connectivity index (χ0v) is 8.94. The quantitative estimate of drug-likeness (QED) is 0.715. The van der Waals surface area contributed by atoms with Gasteiger partial charge in [-0.2, -0.15) is 0 Å². The molecule has 0 saturated carbocycles. The van der Waals surface area contributed by atoms with Crippen molar-refractivity contribution in [1.29, 1.82) is 0 Å². The van der Waals surface area contributed by atoms with E-state index in [2.05, 4.69) is 36.7 Å². The highest BCUT2D eigenvalue weighted by molar-refractivity contribution is 9.13. The van der Waals surface area contributed by atoms with Crippen molar-refractivity contribution in [2.45, 2.75) is 13.0 Å². The lowest BCUT2D eigenvalue weighted by atomic mass is 10.3. The van der Waals surface area contributed by atoms with Crippen molar-refractivity contribution >= 4 is 31.9 Å². The molecule has 0 fully saturated rings. The van der Waals surface area contributed by atoms with Crippen LogP contribution in [0.3, 0.4) is 0 Å². The SMILES string of the molecule is [C-]#[N+]C(C)c1cc(Br)c(Br)o1. The summed E-state index contributed by atoms with van der Waals surface area (Å²) in [6, 6.07) is 1.59. The van der Waals surface area contributed by atoms with E-state index in [1.807, 2.05) is 0 Å². The molecule has 1 aromatic rings. The summed E-state index contributed by atoms with van der Waals surface area (Å²) in [5, 5.41) is 0. The molecular formula is C7H5Br2NO. The second-order valence-corrected chi connectivity index (χ2v) is 3.65. The van der Waals surface area contributed by atoms with Gasteiger partial charge in [-0.05, 0) is 31.9 Å². The Labute approximate surface area is 81.7 Å². The van der Waals surface area contributed by atoms with Crippen molar-refractivity contribution in [2.24, 2.45) is 0 Å². The number of rotatable bonds is 1. The van der Waals surface area contributed by atoms with Gasteiger partial charge >= 0.3 is 0 Å². The highest BCUT2D eigenvalue weighted by Crippen LogP contribution is 2.30. The van der Waals surface area contributed by atoms with Crippen molar-refractivity contribution in [3.8, 4) is 0 Å². The van der Waals surface area contributed by atoms with Crippen molar-refractivity contribution in [1.82, 2.24) is 0 Å². The van der Waals surface area contributed by atoms with Crippen LogP contribution < -0.4 is 0 Å². The Kier molecular flexibility index (Phi) is 2.74. The number of hydrogen-bond donors (Lipinski definition) is 0. The summed E-state index contributed by atoms with van der Waals surface area (Å²) in [4.78, 5) is 3.33. The summed E-state index contributed by atoms with van der Waals surface area (Å²) in [5.41, 5.74) is 0. The average molecular weight is 279 g/mol. The van der Waals surface area contributed by atoms with E-state index in [1.165, 1.54) is 0 Å². The predicted octanol–water partition coefficient (Wildman–Crippen LogP) is 3.78. The highest BCUT2D eigenvalue weighted by atomic mass is 79.9. The van der Waals surface area contributed by atoms with Gasteiger partial charge in [0.05, 0.1) is 4.47 Å². The first-order valence-electron chi connectivity index (χ1n) is 2.96. The third-order valence-electron chi connectivity index (χ3n) is 1.27. The molecule has 11 heavy (non-hydrogen) atoms. The molecule has 0 amide bonds. The van der Waals surface area contributed by atoms with E-state index >= 15 is 0 Å². The Balaban J connectivity index is 2.99. The van der Waals surface area contributed by atoms with Gasteiger partial charge < -0.3 is 9.26 Å². The third kappa shape index (κ3) is 1.85. The Morgan fingerprint density at radius 1 is 1.64 bits per heavy atom. The molecule has 4 heteroatoms. The molecule has 1 rings (SSSR count). The molecule has 0 aliphatic carbocycles. The Hall–Kier alpha value is -0.270. The molecule has 0 spiro atoms. The topological polar surface area (TPSA) is 17.5 Å². The summed E-state index contributed by atoms with van der Waals surface area (Å²) in [5.74, 6) is 0.679. The minimum absolute atomic E-state index is 0.211. The number of hydrogen-bond acceptors (Lipinski definition) is 1. The molecule has 0 aromatic carbocycles. The molecular weight excluding hydrogens is 274 g/mol. The van der Waals surface area contributed by atoms with Gasteiger partial charge in [-0.15, -0.1) is 0 Å². The van der Waals surface area contributed by atoms with E-state index in [4.69, 9.17) is 11.0 Å². The molecule has 2 nitrogen and oxygen atoms in total. The lowest BCUT2D eigenvalue weighted by molar-refractivity contribution is 0.477. The zero-order chi connectivity index (χ0) is 8.43. The molecule has 1 atom stereocenters. The van der Waals surface area contributed by atoms with Gasteiger partial charge in [0.2, 0.25) is 0 Å². The van der Waals surface area contributed by atoms with Gasteiger partial charge in [0.25, 0.3) is 6.04 Å². The van der Waals surface area contributed by atoms with Crippen LogP contribution in [0.4, 0.5) is 0 Å². The minimum atomic E-state index is -0.211. The zero-order valence-electron chi connectivity index (χ0n) is 5.77. The summed E-state index contributed by atoms with van der Waals surface area (Å²) in [7, 11) is 0. The van der Waals surface area contributed by atoms with Crippen LogP contribution in [0.15, 0.2) is 19.6 Å². The lowest BCUT2D eigenvalue weighted by Crippen LogP contribution is -1.80. The van der Waals surface area contributed by atoms with E-state index in [9.17, 15) is 0 Å². The molecule has 0 aliphatic heterocycles. The first-order chi connectivity index (χ1) is 5.15. The maximum absolute atomic E-state index is 6.76. The maximum atomic E-state index is 6.76.